The highest BCUT2D eigenvalue weighted by atomic mass is 16.8. The van der Waals surface area contributed by atoms with E-state index in [4.69, 9.17) is 28.4 Å². The Hall–Kier alpha value is -2.52. The molecule has 3 saturated heterocycles. The SMILES string of the molecule is OC[C@@]1(O)CO[C@@H](O[C@H]2[C@H](OC[C@H]3O[C@@H](O[C@H](CCCCc4ccc(O)cc4)CCc4ccc(O)cc4)[C@H](O)[C@@H](O)[C@@H]3O)OC[C@]2(O)CO)[C@@H]1O. The molecule has 2 aromatic carbocycles. The first-order chi connectivity index (χ1) is 24.4. The fourth-order valence-electron chi connectivity index (χ4n) is 6.35. The quantitative estimate of drug-likeness (QED) is 0.0838. The van der Waals surface area contributed by atoms with Gasteiger partial charge in [0.15, 0.2) is 18.9 Å². The molecule has 0 aromatic heterocycles. The molecular weight excluding hydrogens is 676 g/mol. The Morgan fingerprint density at radius 1 is 0.686 bits per heavy atom. The van der Waals surface area contributed by atoms with E-state index in [0.717, 1.165) is 30.4 Å². The van der Waals surface area contributed by atoms with Crippen LogP contribution >= 0.6 is 0 Å². The van der Waals surface area contributed by atoms with Gasteiger partial charge in [0.1, 0.15) is 59.3 Å². The molecule has 0 bridgehead atoms. The highest BCUT2D eigenvalue weighted by Gasteiger charge is 2.56. The fourth-order valence-corrected chi connectivity index (χ4v) is 6.35. The number of hydrogen-bond acceptors (Lipinski definition) is 16. The number of phenolic OH excluding ortho intramolecular Hbond substituents is 2. The smallest absolute Gasteiger partial charge is 0.187 e. The number of aliphatic hydroxyl groups is 8. The Kier molecular flexibility index (Phi) is 13.6. The first-order valence-electron chi connectivity index (χ1n) is 17.1. The maximum Gasteiger partial charge on any atom is 0.187 e. The molecule has 5 rings (SSSR count). The average molecular weight is 727 g/mol. The summed E-state index contributed by atoms with van der Waals surface area (Å²) in [5.41, 5.74) is -2.02. The van der Waals surface area contributed by atoms with Crippen molar-refractivity contribution in [1.82, 2.24) is 0 Å². The van der Waals surface area contributed by atoms with Gasteiger partial charge < -0.3 is 79.5 Å². The number of hydrogen-bond donors (Lipinski definition) is 10. The minimum absolute atomic E-state index is 0.139. The molecule has 10 N–H and O–H groups in total. The molecule has 12 atom stereocenters. The number of ether oxygens (including phenoxy) is 6. The van der Waals surface area contributed by atoms with Gasteiger partial charge in [-0.3, -0.25) is 0 Å². The number of rotatable bonds is 17. The lowest BCUT2D eigenvalue weighted by Crippen LogP contribution is -2.60. The summed E-state index contributed by atoms with van der Waals surface area (Å²) in [7, 11) is 0. The number of unbranched alkanes of at least 4 members (excludes halogenated alkanes) is 1. The molecule has 3 fully saturated rings. The van der Waals surface area contributed by atoms with Crippen LogP contribution in [0.4, 0.5) is 0 Å². The topological polar surface area (TPSA) is 258 Å². The van der Waals surface area contributed by atoms with Gasteiger partial charge >= 0.3 is 0 Å². The number of phenols is 2. The van der Waals surface area contributed by atoms with Gasteiger partial charge in [0.05, 0.1) is 39.1 Å². The van der Waals surface area contributed by atoms with E-state index >= 15 is 0 Å². The molecule has 51 heavy (non-hydrogen) atoms. The minimum Gasteiger partial charge on any atom is -0.508 e. The van der Waals surface area contributed by atoms with E-state index < -0.39 is 106 Å². The normalized spacial score (nSPS) is 36.0. The molecule has 286 valence electrons. The molecule has 3 aliphatic rings. The number of aliphatic hydroxyl groups excluding tert-OH is 6. The first-order valence-corrected chi connectivity index (χ1v) is 17.1. The third-order valence-electron chi connectivity index (χ3n) is 9.70. The van der Waals surface area contributed by atoms with Crippen LogP contribution < -0.4 is 0 Å². The Morgan fingerprint density at radius 2 is 1.27 bits per heavy atom. The van der Waals surface area contributed by atoms with Crippen LogP contribution in [0, 0.1) is 0 Å². The van der Waals surface area contributed by atoms with Crippen LogP contribution in [-0.2, 0) is 41.3 Å². The summed E-state index contributed by atoms with van der Waals surface area (Å²) in [4.78, 5) is 0. The second-order valence-corrected chi connectivity index (χ2v) is 13.6. The van der Waals surface area contributed by atoms with Crippen molar-refractivity contribution in [2.75, 3.05) is 33.0 Å². The van der Waals surface area contributed by atoms with Crippen LogP contribution in [0.5, 0.6) is 11.5 Å². The Bertz CT molecular complexity index is 1350. The summed E-state index contributed by atoms with van der Waals surface area (Å²) >= 11 is 0. The van der Waals surface area contributed by atoms with Gasteiger partial charge in [-0.1, -0.05) is 30.7 Å². The van der Waals surface area contributed by atoms with Crippen molar-refractivity contribution in [3.05, 3.63) is 59.7 Å². The summed E-state index contributed by atoms with van der Waals surface area (Å²) in [6, 6.07) is 13.7. The van der Waals surface area contributed by atoms with Crippen LogP contribution in [0.2, 0.25) is 0 Å². The van der Waals surface area contributed by atoms with Gasteiger partial charge in [-0.05, 0) is 67.5 Å². The van der Waals surface area contributed by atoms with E-state index in [1.165, 1.54) is 0 Å². The monoisotopic (exact) mass is 726 g/mol. The second kappa shape index (κ2) is 17.5. The van der Waals surface area contributed by atoms with Crippen LogP contribution in [-0.4, -0.2) is 157 Å². The van der Waals surface area contributed by atoms with Gasteiger partial charge in [0.2, 0.25) is 0 Å². The lowest BCUT2D eigenvalue weighted by Gasteiger charge is -2.41. The maximum absolute atomic E-state index is 11.0. The molecule has 3 heterocycles. The van der Waals surface area contributed by atoms with Crippen LogP contribution in [0.15, 0.2) is 48.5 Å². The number of aryl methyl sites for hydroxylation is 2. The third kappa shape index (κ3) is 9.73. The van der Waals surface area contributed by atoms with E-state index in [0.29, 0.717) is 19.3 Å². The van der Waals surface area contributed by atoms with Gasteiger partial charge in [-0.2, -0.15) is 0 Å². The molecule has 16 nitrogen and oxygen atoms in total. The van der Waals surface area contributed by atoms with Crippen molar-refractivity contribution in [3.8, 4) is 11.5 Å². The molecule has 0 radical (unpaired) electrons. The largest absolute Gasteiger partial charge is 0.508 e. The number of aromatic hydroxyl groups is 2. The zero-order chi connectivity index (χ0) is 36.8. The summed E-state index contributed by atoms with van der Waals surface area (Å²) < 4.78 is 34.4. The van der Waals surface area contributed by atoms with E-state index in [1.807, 2.05) is 12.1 Å². The Labute approximate surface area is 294 Å². The van der Waals surface area contributed by atoms with Gasteiger partial charge in [0.25, 0.3) is 0 Å². The minimum atomic E-state index is -2.02. The van der Waals surface area contributed by atoms with Crippen LogP contribution in [0.25, 0.3) is 0 Å². The zero-order valence-corrected chi connectivity index (χ0v) is 28.1. The molecule has 0 aliphatic carbocycles. The first kappa shape index (κ1) is 39.7. The van der Waals surface area contributed by atoms with E-state index in [-0.39, 0.29) is 11.5 Å². The van der Waals surface area contributed by atoms with Gasteiger partial charge in [0, 0.05) is 0 Å². The van der Waals surface area contributed by atoms with Crippen molar-refractivity contribution in [2.24, 2.45) is 0 Å². The predicted molar refractivity (Wildman–Crippen MR) is 174 cm³/mol. The second-order valence-electron chi connectivity index (χ2n) is 13.6. The highest BCUT2D eigenvalue weighted by Crippen LogP contribution is 2.35. The Morgan fingerprint density at radius 3 is 1.88 bits per heavy atom. The van der Waals surface area contributed by atoms with Crippen molar-refractivity contribution >= 4 is 0 Å². The highest BCUT2D eigenvalue weighted by molar-refractivity contribution is 5.26. The molecule has 16 heteroatoms. The van der Waals surface area contributed by atoms with E-state index in [1.54, 1.807) is 36.4 Å². The molecule has 0 unspecified atom stereocenters. The van der Waals surface area contributed by atoms with Gasteiger partial charge in [-0.15, -0.1) is 0 Å². The summed E-state index contributed by atoms with van der Waals surface area (Å²) in [6.07, 6.45) is -10.2. The van der Waals surface area contributed by atoms with E-state index in [2.05, 4.69) is 0 Å². The third-order valence-corrected chi connectivity index (χ3v) is 9.70. The molecule has 0 spiro atoms. The Balaban J connectivity index is 1.21. The zero-order valence-electron chi connectivity index (χ0n) is 28.1. The summed E-state index contributed by atoms with van der Waals surface area (Å²) in [5.74, 6) is 0.329. The van der Waals surface area contributed by atoms with Crippen LogP contribution in [0.3, 0.4) is 0 Å². The average Bonchev–Trinajstić information content (AvgIpc) is 3.60. The predicted octanol–water partition coefficient (Wildman–Crippen LogP) is -1.44. The molecule has 3 aliphatic heterocycles. The number of benzene rings is 2. The van der Waals surface area contributed by atoms with Crippen molar-refractivity contribution in [2.45, 2.75) is 111 Å². The molecular formula is C35H50O16. The fraction of sp³-hybridized carbons (Fsp3) is 0.657. The lowest BCUT2D eigenvalue weighted by atomic mass is 9.98. The van der Waals surface area contributed by atoms with Crippen molar-refractivity contribution in [3.63, 3.8) is 0 Å². The molecule has 0 amide bonds. The summed E-state index contributed by atoms with van der Waals surface area (Å²) in [6.45, 7) is -3.05. The maximum atomic E-state index is 11.0. The van der Waals surface area contributed by atoms with Crippen molar-refractivity contribution < 1.29 is 79.5 Å². The summed E-state index contributed by atoms with van der Waals surface area (Å²) in [5, 5.41) is 103. The molecule has 0 saturated carbocycles. The van der Waals surface area contributed by atoms with Gasteiger partial charge in [-0.25, -0.2) is 0 Å². The lowest BCUT2D eigenvalue weighted by molar-refractivity contribution is -0.322. The standard InChI is InChI=1S/C35H50O16/c36-16-34(44)18-47-32(29(34)43)51-30-33(48-19-35(30,45)17-37)46-15-25-26(40)27(41)28(42)31(50-25)49-24(14-9-21-7-12-23(39)13-8-21)4-2-1-3-20-5-10-22(38)11-6-20/h5-8,10-13,24-33,36-45H,1-4,9,14-19H2/t24-,25-,26-,27+,28-,29+,30+,31-,32+,33-,34-,35-/m1/s1. The van der Waals surface area contributed by atoms with Crippen molar-refractivity contribution in [1.29, 1.82) is 0 Å². The van der Waals surface area contributed by atoms with Crippen LogP contribution in [0.1, 0.15) is 36.8 Å². The van der Waals surface area contributed by atoms with E-state index in [9.17, 15) is 51.1 Å². The molecule has 2 aromatic rings.